The van der Waals surface area contributed by atoms with E-state index in [9.17, 15) is 4.79 Å². The zero-order valence-corrected chi connectivity index (χ0v) is 27.0. The fourth-order valence-electron chi connectivity index (χ4n) is 6.98. The highest BCUT2D eigenvalue weighted by Crippen LogP contribution is 2.40. The summed E-state index contributed by atoms with van der Waals surface area (Å²) in [5, 5.41) is 8.99. The molecule has 0 unspecified atom stereocenters. The van der Waals surface area contributed by atoms with Gasteiger partial charge in [0.1, 0.15) is 22.8 Å². The molecule has 46 heavy (non-hydrogen) atoms. The van der Waals surface area contributed by atoms with Gasteiger partial charge in [0.25, 0.3) is 0 Å². The maximum absolute atomic E-state index is 13.2. The lowest BCUT2D eigenvalue weighted by molar-refractivity contribution is -0.127. The van der Waals surface area contributed by atoms with Gasteiger partial charge in [-0.05, 0) is 64.5 Å². The molecule has 3 aromatic rings. The van der Waals surface area contributed by atoms with Gasteiger partial charge in [0.05, 0.1) is 74.1 Å². The molecule has 4 aliphatic heterocycles. The van der Waals surface area contributed by atoms with Crippen LogP contribution in [0.4, 0.5) is 16.3 Å². The quantitative estimate of drug-likeness (QED) is 0.364. The number of ether oxygens (including phenoxy) is 3. The van der Waals surface area contributed by atoms with Gasteiger partial charge in [0.15, 0.2) is 5.54 Å². The summed E-state index contributed by atoms with van der Waals surface area (Å²) in [6.07, 6.45) is 11.6. The van der Waals surface area contributed by atoms with Gasteiger partial charge in [-0.15, -0.1) is 5.10 Å². The maximum Gasteiger partial charge on any atom is 0.410 e. The number of amides is 1. The summed E-state index contributed by atoms with van der Waals surface area (Å²) in [6.45, 7) is 12.7. The Hall–Kier alpha value is -3.84. The molecule has 13 nitrogen and oxygen atoms in total. The van der Waals surface area contributed by atoms with Crippen molar-refractivity contribution in [3.8, 4) is 11.4 Å². The molecule has 8 rings (SSSR count). The number of carbonyl (C=O) groups excluding carboxylic acids is 1. The van der Waals surface area contributed by atoms with E-state index in [0.717, 1.165) is 76.0 Å². The zero-order valence-electron chi connectivity index (χ0n) is 27.0. The van der Waals surface area contributed by atoms with Crippen molar-refractivity contribution >= 4 is 17.6 Å². The normalized spacial score (nSPS) is 23.3. The van der Waals surface area contributed by atoms with Crippen LogP contribution in [0.15, 0.2) is 36.9 Å². The molecule has 1 saturated carbocycles. The van der Waals surface area contributed by atoms with Gasteiger partial charge in [-0.25, -0.2) is 14.5 Å². The van der Waals surface area contributed by atoms with Gasteiger partial charge in [-0.2, -0.15) is 0 Å². The molecular weight excluding hydrogens is 586 g/mol. The highest BCUT2D eigenvalue weighted by molar-refractivity contribution is 5.69. The molecule has 0 aromatic carbocycles. The van der Waals surface area contributed by atoms with Crippen LogP contribution in [0.1, 0.15) is 52.1 Å². The Kier molecular flexibility index (Phi) is 7.16. The number of pyridine rings is 1. The van der Waals surface area contributed by atoms with Gasteiger partial charge in [0.2, 0.25) is 0 Å². The number of hydrogen-bond acceptors (Lipinski definition) is 11. The van der Waals surface area contributed by atoms with Crippen molar-refractivity contribution in [1.29, 1.82) is 0 Å². The largest absolute Gasteiger partial charge is 0.444 e. The molecule has 1 atom stereocenters. The number of anilines is 2. The molecular formula is C33H43N9O4. The third kappa shape index (κ3) is 5.57. The van der Waals surface area contributed by atoms with Crippen molar-refractivity contribution in [2.75, 3.05) is 69.0 Å². The standard InChI is InChI=1S/C33H43N9O4/c1-31(2,3)46-30(43)41(14-23-6-7-23)25-5-4-10-39(15-25)24-8-9-28(35-11-24)33(21-45-22-33)42-16-27(37-38-42)26-12-34-13-29(36-26)40-17-32(18-40)19-44-20-32/h8-9,11-13,16,23,25H,4-7,10,14-15,17-22H2,1-3H3/t25-/m1/s1. The Morgan fingerprint density at radius 3 is 2.48 bits per heavy atom. The van der Waals surface area contributed by atoms with Crippen molar-refractivity contribution in [3.05, 3.63) is 42.6 Å². The summed E-state index contributed by atoms with van der Waals surface area (Å²) < 4.78 is 18.8. The van der Waals surface area contributed by atoms with E-state index in [1.165, 1.54) is 12.8 Å². The van der Waals surface area contributed by atoms with E-state index in [0.29, 0.717) is 35.9 Å². The van der Waals surface area contributed by atoms with Crippen LogP contribution in [-0.4, -0.2) is 112 Å². The first kappa shape index (κ1) is 29.6. The molecule has 1 amide bonds. The minimum atomic E-state index is -0.537. The monoisotopic (exact) mass is 629 g/mol. The van der Waals surface area contributed by atoms with Crippen LogP contribution in [-0.2, 0) is 19.7 Å². The van der Waals surface area contributed by atoms with Crippen LogP contribution in [0.2, 0.25) is 0 Å². The second kappa shape index (κ2) is 11.2. The van der Waals surface area contributed by atoms with Gasteiger partial charge in [0, 0.05) is 32.7 Å². The van der Waals surface area contributed by atoms with Crippen molar-refractivity contribution in [2.24, 2.45) is 11.3 Å². The second-order valence-electron chi connectivity index (χ2n) is 14.9. The van der Waals surface area contributed by atoms with E-state index in [1.54, 1.807) is 12.4 Å². The SMILES string of the molecule is CC(C)(C)OC(=O)N(CC1CC1)[C@@H]1CCCN(c2ccc(C3(n4cc(-c5cncc(N6CC7(COC7)C6)n5)nn4)COC3)nc2)C1. The molecule has 0 bridgehead atoms. The first-order valence-electron chi connectivity index (χ1n) is 16.6. The van der Waals surface area contributed by atoms with Crippen LogP contribution < -0.4 is 9.80 Å². The Labute approximate surface area is 269 Å². The first-order chi connectivity index (χ1) is 22.2. The molecule has 0 radical (unpaired) electrons. The predicted octanol–water partition coefficient (Wildman–Crippen LogP) is 3.36. The highest BCUT2D eigenvalue weighted by Gasteiger charge is 2.50. The van der Waals surface area contributed by atoms with Gasteiger partial charge >= 0.3 is 6.09 Å². The third-order valence-corrected chi connectivity index (χ3v) is 9.90. The summed E-state index contributed by atoms with van der Waals surface area (Å²) in [7, 11) is 0. The van der Waals surface area contributed by atoms with Crippen molar-refractivity contribution < 1.29 is 19.0 Å². The van der Waals surface area contributed by atoms with Gasteiger partial charge < -0.3 is 28.9 Å². The van der Waals surface area contributed by atoms with Crippen molar-refractivity contribution in [2.45, 2.75) is 63.6 Å². The number of carbonyl (C=O) groups is 1. The molecule has 1 spiro atoms. The summed E-state index contributed by atoms with van der Waals surface area (Å²) in [5.74, 6) is 1.44. The van der Waals surface area contributed by atoms with E-state index >= 15 is 0 Å². The number of hydrogen-bond donors (Lipinski definition) is 0. The molecule has 5 fully saturated rings. The summed E-state index contributed by atoms with van der Waals surface area (Å²) in [6, 6.07) is 4.31. The molecule has 13 heteroatoms. The van der Waals surface area contributed by atoms with Crippen LogP contribution in [0, 0.1) is 11.3 Å². The molecule has 1 aliphatic carbocycles. The Morgan fingerprint density at radius 2 is 1.83 bits per heavy atom. The summed E-state index contributed by atoms with van der Waals surface area (Å²) in [4.78, 5) is 34.0. The average Bonchev–Trinajstić information content (AvgIpc) is 3.67. The highest BCUT2D eigenvalue weighted by atomic mass is 16.6. The molecule has 7 heterocycles. The van der Waals surface area contributed by atoms with E-state index in [1.807, 2.05) is 42.7 Å². The van der Waals surface area contributed by atoms with E-state index in [2.05, 4.69) is 37.2 Å². The second-order valence-corrected chi connectivity index (χ2v) is 14.9. The molecule has 4 saturated heterocycles. The average molecular weight is 630 g/mol. The molecule has 3 aromatic heterocycles. The third-order valence-electron chi connectivity index (χ3n) is 9.90. The minimum Gasteiger partial charge on any atom is -0.444 e. The smallest absolute Gasteiger partial charge is 0.410 e. The van der Waals surface area contributed by atoms with E-state index in [4.69, 9.17) is 24.2 Å². The number of rotatable bonds is 8. The van der Waals surface area contributed by atoms with Crippen LogP contribution in [0.3, 0.4) is 0 Å². The Morgan fingerprint density at radius 1 is 1.02 bits per heavy atom. The van der Waals surface area contributed by atoms with Gasteiger partial charge in [-0.3, -0.25) is 9.97 Å². The zero-order chi connectivity index (χ0) is 31.5. The fourth-order valence-corrected chi connectivity index (χ4v) is 6.98. The Bertz CT molecular complexity index is 1570. The Balaban J connectivity index is 0.964. The fraction of sp³-hybridized carbons (Fsp3) is 0.636. The summed E-state index contributed by atoms with van der Waals surface area (Å²) >= 11 is 0. The first-order valence-corrected chi connectivity index (χ1v) is 16.6. The van der Waals surface area contributed by atoms with E-state index in [-0.39, 0.29) is 12.1 Å². The van der Waals surface area contributed by atoms with Crippen molar-refractivity contribution in [1.82, 2.24) is 34.8 Å². The number of nitrogens with zero attached hydrogens (tertiary/aromatic N) is 9. The minimum absolute atomic E-state index is 0.111. The van der Waals surface area contributed by atoms with Crippen molar-refractivity contribution in [3.63, 3.8) is 0 Å². The van der Waals surface area contributed by atoms with Crippen LogP contribution in [0.25, 0.3) is 11.4 Å². The topological polar surface area (TPSA) is 124 Å². The van der Waals surface area contributed by atoms with Gasteiger partial charge in [-0.1, -0.05) is 5.21 Å². The van der Waals surface area contributed by atoms with Crippen LogP contribution in [0.5, 0.6) is 0 Å². The van der Waals surface area contributed by atoms with Crippen LogP contribution >= 0.6 is 0 Å². The van der Waals surface area contributed by atoms with E-state index < -0.39 is 11.1 Å². The molecule has 244 valence electrons. The molecule has 5 aliphatic rings. The number of aromatic nitrogens is 6. The lowest BCUT2D eigenvalue weighted by Gasteiger charge is -2.55. The predicted molar refractivity (Wildman–Crippen MR) is 170 cm³/mol. The number of piperidine rings is 1. The lowest BCUT2D eigenvalue weighted by atomic mass is 9.78. The lowest BCUT2D eigenvalue weighted by Crippen LogP contribution is -2.66. The summed E-state index contributed by atoms with van der Waals surface area (Å²) in [5.41, 5.74) is 2.53. The maximum atomic E-state index is 13.2. The molecule has 0 N–H and O–H groups in total.